The molecule has 17 heavy (non-hydrogen) atoms. The van der Waals surface area contributed by atoms with E-state index < -0.39 is 10.8 Å². The molecular weight excluding hydrogens is 238 g/mol. The SMILES string of the molecule is COc1ncnc(NCCC(C)S(C)=O)c1C. The van der Waals surface area contributed by atoms with Gasteiger partial charge in [-0.05, 0) is 13.3 Å². The topological polar surface area (TPSA) is 64.1 Å². The van der Waals surface area contributed by atoms with Gasteiger partial charge in [-0.1, -0.05) is 6.92 Å². The zero-order valence-corrected chi connectivity index (χ0v) is 11.5. The summed E-state index contributed by atoms with van der Waals surface area (Å²) in [4.78, 5) is 8.16. The lowest BCUT2D eigenvalue weighted by atomic mass is 10.3. The van der Waals surface area contributed by atoms with Crippen LogP contribution in [0.4, 0.5) is 5.82 Å². The minimum absolute atomic E-state index is 0.187. The molecule has 1 rings (SSSR count). The van der Waals surface area contributed by atoms with Crippen molar-refractivity contribution in [2.24, 2.45) is 0 Å². The Morgan fingerprint density at radius 3 is 2.82 bits per heavy atom. The van der Waals surface area contributed by atoms with Crippen LogP contribution in [0.25, 0.3) is 0 Å². The van der Waals surface area contributed by atoms with Crippen LogP contribution in [0.5, 0.6) is 5.88 Å². The molecule has 0 amide bonds. The van der Waals surface area contributed by atoms with Crippen LogP contribution in [0.3, 0.4) is 0 Å². The molecule has 6 heteroatoms. The highest BCUT2D eigenvalue weighted by Gasteiger charge is 2.08. The summed E-state index contributed by atoms with van der Waals surface area (Å²) in [5.74, 6) is 1.35. The first-order chi connectivity index (χ1) is 8.06. The molecule has 0 fully saturated rings. The molecule has 1 aromatic rings. The summed E-state index contributed by atoms with van der Waals surface area (Å²) in [6, 6.07) is 0. The van der Waals surface area contributed by atoms with Crippen molar-refractivity contribution in [3.8, 4) is 5.88 Å². The van der Waals surface area contributed by atoms with Gasteiger partial charge in [0.1, 0.15) is 12.1 Å². The average molecular weight is 257 g/mol. The average Bonchev–Trinajstić information content (AvgIpc) is 2.31. The van der Waals surface area contributed by atoms with Crippen molar-refractivity contribution in [3.63, 3.8) is 0 Å². The Bertz CT molecular complexity index is 398. The molecule has 2 unspecified atom stereocenters. The van der Waals surface area contributed by atoms with Crippen molar-refractivity contribution in [1.82, 2.24) is 9.97 Å². The first kappa shape index (κ1) is 13.9. The second kappa shape index (κ2) is 6.54. The van der Waals surface area contributed by atoms with Gasteiger partial charge in [0, 0.05) is 28.9 Å². The third-order valence-corrected chi connectivity index (χ3v) is 4.01. The number of anilines is 1. The largest absolute Gasteiger partial charge is 0.481 e. The van der Waals surface area contributed by atoms with Gasteiger partial charge in [0.25, 0.3) is 0 Å². The Labute approximate surface area is 104 Å². The molecule has 0 aliphatic rings. The fraction of sp³-hybridized carbons (Fsp3) is 0.636. The van der Waals surface area contributed by atoms with E-state index in [4.69, 9.17) is 4.74 Å². The number of nitrogens with zero attached hydrogens (tertiary/aromatic N) is 2. The molecule has 0 aromatic carbocycles. The van der Waals surface area contributed by atoms with Gasteiger partial charge in [0.05, 0.1) is 12.7 Å². The lowest BCUT2D eigenvalue weighted by Crippen LogP contribution is -2.16. The standard InChI is InChI=1S/C11H19N3O2S/c1-8(17(4)15)5-6-12-10-9(2)11(16-3)14-7-13-10/h7-8H,5-6H2,1-4H3,(H,12,13,14). The molecule has 0 bridgehead atoms. The van der Waals surface area contributed by atoms with Gasteiger partial charge in [-0.15, -0.1) is 0 Å². The molecule has 5 nitrogen and oxygen atoms in total. The summed E-state index contributed by atoms with van der Waals surface area (Å²) < 4.78 is 16.3. The van der Waals surface area contributed by atoms with Crippen LogP contribution in [-0.4, -0.2) is 39.3 Å². The minimum atomic E-state index is -0.777. The fourth-order valence-corrected chi connectivity index (χ4v) is 1.83. The van der Waals surface area contributed by atoms with E-state index in [9.17, 15) is 4.21 Å². The van der Waals surface area contributed by atoms with Crippen molar-refractivity contribution in [3.05, 3.63) is 11.9 Å². The molecule has 1 N–H and O–H groups in total. The second-order valence-electron chi connectivity index (χ2n) is 3.88. The molecule has 2 atom stereocenters. The Morgan fingerprint density at radius 2 is 2.24 bits per heavy atom. The Morgan fingerprint density at radius 1 is 1.53 bits per heavy atom. The molecule has 0 spiro atoms. The predicted molar refractivity (Wildman–Crippen MR) is 70.0 cm³/mol. The summed E-state index contributed by atoms with van der Waals surface area (Å²) in [5.41, 5.74) is 0.889. The number of methoxy groups -OCH3 is 1. The number of nitrogens with one attached hydrogen (secondary N) is 1. The number of hydrogen-bond donors (Lipinski definition) is 1. The highest BCUT2D eigenvalue weighted by Crippen LogP contribution is 2.19. The fourth-order valence-electron chi connectivity index (χ4n) is 1.38. The molecule has 1 aromatic heterocycles. The van der Waals surface area contributed by atoms with E-state index in [1.54, 1.807) is 13.4 Å². The molecule has 0 saturated heterocycles. The van der Waals surface area contributed by atoms with E-state index in [1.807, 2.05) is 13.8 Å². The van der Waals surface area contributed by atoms with E-state index in [1.165, 1.54) is 6.33 Å². The van der Waals surface area contributed by atoms with E-state index in [2.05, 4.69) is 15.3 Å². The zero-order valence-electron chi connectivity index (χ0n) is 10.7. The summed E-state index contributed by atoms with van der Waals surface area (Å²) >= 11 is 0. The van der Waals surface area contributed by atoms with Crippen molar-refractivity contribution in [2.45, 2.75) is 25.5 Å². The van der Waals surface area contributed by atoms with E-state index >= 15 is 0 Å². The van der Waals surface area contributed by atoms with Gasteiger partial charge in [0.15, 0.2) is 0 Å². The van der Waals surface area contributed by atoms with Crippen LogP contribution in [0, 0.1) is 6.92 Å². The van der Waals surface area contributed by atoms with E-state index in [-0.39, 0.29) is 5.25 Å². The molecule has 0 aliphatic heterocycles. The van der Waals surface area contributed by atoms with Crippen molar-refractivity contribution >= 4 is 16.6 Å². The molecule has 0 radical (unpaired) electrons. The van der Waals surface area contributed by atoms with Crippen LogP contribution >= 0.6 is 0 Å². The Hall–Kier alpha value is -1.17. The molecule has 1 heterocycles. The van der Waals surface area contributed by atoms with E-state index in [0.29, 0.717) is 5.88 Å². The third kappa shape index (κ3) is 3.96. The van der Waals surface area contributed by atoms with Gasteiger partial charge >= 0.3 is 0 Å². The van der Waals surface area contributed by atoms with Crippen LogP contribution < -0.4 is 10.1 Å². The van der Waals surface area contributed by atoms with Crippen LogP contribution in [0.1, 0.15) is 18.9 Å². The quantitative estimate of drug-likeness (QED) is 0.833. The maximum Gasteiger partial charge on any atom is 0.221 e. The third-order valence-electron chi connectivity index (χ3n) is 2.64. The maximum atomic E-state index is 11.2. The summed E-state index contributed by atoms with van der Waals surface area (Å²) in [6.07, 6.45) is 4.04. The van der Waals surface area contributed by atoms with Crippen LogP contribution in [-0.2, 0) is 10.8 Å². The lowest BCUT2D eigenvalue weighted by molar-refractivity contribution is 0.393. The van der Waals surface area contributed by atoms with Crippen LogP contribution in [0.15, 0.2) is 6.33 Å². The number of aromatic nitrogens is 2. The first-order valence-electron chi connectivity index (χ1n) is 5.48. The van der Waals surface area contributed by atoms with Crippen molar-refractivity contribution < 1.29 is 8.95 Å². The highest BCUT2D eigenvalue weighted by molar-refractivity contribution is 7.84. The monoisotopic (exact) mass is 257 g/mol. The van der Waals surface area contributed by atoms with Gasteiger partial charge < -0.3 is 10.1 Å². The predicted octanol–water partition coefficient (Wildman–Crippen LogP) is 1.36. The maximum absolute atomic E-state index is 11.2. The second-order valence-corrected chi connectivity index (χ2v) is 5.68. The Balaban J connectivity index is 2.55. The minimum Gasteiger partial charge on any atom is -0.481 e. The Kier molecular flexibility index (Phi) is 5.34. The number of hydrogen-bond acceptors (Lipinski definition) is 5. The van der Waals surface area contributed by atoms with Gasteiger partial charge in [-0.25, -0.2) is 9.97 Å². The van der Waals surface area contributed by atoms with Gasteiger partial charge in [0.2, 0.25) is 5.88 Å². The normalized spacial score (nSPS) is 14.1. The molecule has 0 aliphatic carbocycles. The van der Waals surface area contributed by atoms with Crippen molar-refractivity contribution in [2.75, 3.05) is 25.2 Å². The lowest BCUT2D eigenvalue weighted by Gasteiger charge is -2.12. The highest BCUT2D eigenvalue weighted by atomic mass is 32.2. The smallest absolute Gasteiger partial charge is 0.221 e. The molecule has 0 saturated carbocycles. The van der Waals surface area contributed by atoms with E-state index in [0.717, 1.165) is 24.3 Å². The molecule has 96 valence electrons. The summed E-state index contributed by atoms with van der Waals surface area (Å²) in [6.45, 7) is 4.62. The summed E-state index contributed by atoms with van der Waals surface area (Å²) in [5, 5.41) is 3.39. The number of rotatable bonds is 6. The number of ether oxygens (including phenoxy) is 1. The van der Waals surface area contributed by atoms with Crippen LogP contribution in [0.2, 0.25) is 0 Å². The molecular formula is C11H19N3O2S. The van der Waals surface area contributed by atoms with Crippen molar-refractivity contribution in [1.29, 1.82) is 0 Å². The summed E-state index contributed by atoms with van der Waals surface area (Å²) in [7, 11) is 0.808. The van der Waals surface area contributed by atoms with Gasteiger partial charge in [-0.3, -0.25) is 4.21 Å². The first-order valence-corrected chi connectivity index (χ1v) is 7.10. The van der Waals surface area contributed by atoms with Gasteiger partial charge in [-0.2, -0.15) is 0 Å². The zero-order chi connectivity index (χ0) is 12.8.